The van der Waals surface area contributed by atoms with E-state index in [0.29, 0.717) is 17.8 Å². The van der Waals surface area contributed by atoms with Crippen molar-refractivity contribution >= 4 is 5.97 Å². The van der Waals surface area contributed by atoms with Crippen molar-refractivity contribution in [1.29, 1.82) is 0 Å². The predicted octanol–water partition coefficient (Wildman–Crippen LogP) is 2.47. The van der Waals surface area contributed by atoms with E-state index in [1.807, 2.05) is 6.92 Å². The predicted molar refractivity (Wildman–Crippen MR) is 68.6 cm³/mol. The minimum atomic E-state index is -0.830. The van der Waals surface area contributed by atoms with Crippen LogP contribution < -0.4 is 0 Å². The lowest BCUT2D eigenvalue weighted by Crippen LogP contribution is -2.17. The summed E-state index contributed by atoms with van der Waals surface area (Å²) in [5, 5.41) is 3.77. The lowest BCUT2D eigenvalue weighted by Gasteiger charge is -2.11. The number of hydrogen-bond acceptors (Lipinski definition) is 5. The molecule has 106 valence electrons. The maximum atomic E-state index is 13.0. The third-order valence-electron chi connectivity index (χ3n) is 2.77. The molecule has 0 aliphatic carbocycles. The van der Waals surface area contributed by atoms with Crippen molar-refractivity contribution in [3.8, 4) is 0 Å². The number of nitrogens with zero attached hydrogens (tertiary/aromatic N) is 2. The van der Waals surface area contributed by atoms with Crippen LogP contribution in [0.15, 0.2) is 28.8 Å². The van der Waals surface area contributed by atoms with E-state index in [2.05, 4.69) is 10.1 Å². The van der Waals surface area contributed by atoms with E-state index in [4.69, 9.17) is 9.26 Å². The van der Waals surface area contributed by atoms with E-state index < -0.39 is 11.9 Å². The number of hydrogen-bond donors (Lipinski definition) is 0. The first-order valence-corrected chi connectivity index (χ1v) is 6.40. The van der Waals surface area contributed by atoms with Crippen molar-refractivity contribution in [1.82, 2.24) is 10.1 Å². The van der Waals surface area contributed by atoms with Gasteiger partial charge in [0.15, 0.2) is 11.7 Å². The molecule has 0 saturated carbocycles. The van der Waals surface area contributed by atoms with Gasteiger partial charge in [0.05, 0.1) is 6.61 Å². The van der Waals surface area contributed by atoms with Crippen LogP contribution in [0.4, 0.5) is 4.39 Å². The summed E-state index contributed by atoms with van der Waals surface area (Å²) in [5.41, 5.74) is 0.552. The molecule has 1 unspecified atom stereocenters. The molecule has 0 aliphatic heterocycles. The normalized spacial score (nSPS) is 12.2. The Morgan fingerprint density at radius 1 is 1.35 bits per heavy atom. The average molecular weight is 278 g/mol. The lowest BCUT2D eigenvalue weighted by atomic mass is 9.99. The standard InChI is InChI=1S/C14H15FN2O3/c1-3-11-16-13(20-17-11)12(14(18)19-4-2)9-5-7-10(15)8-6-9/h5-8,12H,3-4H2,1-2H3. The summed E-state index contributed by atoms with van der Waals surface area (Å²) in [7, 11) is 0. The highest BCUT2D eigenvalue weighted by Gasteiger charge is 2.29. The zero-order valence-corrected chi connectivity index (χ0v) is 11.3. The Bertz CT molecular complexity index is 580. The molecule has 1 aromatic heterocycles. The molecule has 2 rings (SSSR count). The number of aryl methyl sites for hydroxylation is 1. The van der Waals surface area contributed by atoms with Gasteiger partial charge in [-0.1, -0.05) is 24.2 Å². The molecule has 1 heterocycles. The number of halogens is 1. The Kier molecular flexibility index (Phi) is 4.45. The molecule has 0 fully saturated rings. The lowest BCUT2D eigenvalue weighted by molar-refractivity contribution is -0.144. The summed E-state index contributed by atoms with van der Waals surface area (Å²) < 4.78 is 23.1. The van der Waals surface area contributed by atoms with Gasteiger partial charge < -0.3 is 9.26 Å². The molecule has 0 saturated heterocycles. The zero-order valence-electron chi connectivity index (χ0n) is 11.3. The quantitative estimate of drug-likeness (QED) is 0.786. The highest BCUT2D eigenvalue weighted by Crippen LogP contribution is 2.25. The maximum Gasteiger partial charge on any atom is 0.323 e. The van der Waals surface area contributed by atoms with Gasteiger partial charge in [0.25, 0.3) is 0 Å². The highest BCUT2D eigenvalue weighted by atomic mass is 19.1. The number of carbonyl (C=O) groups is 1. The topological polar surface area (TPSA) is 65.2 Å². The maximum absolute atomic E-state index is 13.0. The molecule has 2 aromatic rings. The molecular formula is C14H15FN2O3. The van der Waals surface area contributed by atoms with E-state index in [-0.39, 0.29) is 18.3 Å². The monoisotopic (exact) mass is 278 g/mol. The van der Waals surface area contributed by atoms with E-state index in [9.17, 15) is 9.18 Å². The Balaban J connectivity index is 2.38. The smallest absolute Gasteiger partial charge is 0.323 e. The van der Waals surface area contributed by atoms with Crippen molar-refractivity contribution in [2.45, 2.75) is 26.2 Å². The van der Waals surface area contributed by atoms with Crippen LogP contribution in [0.2, 0.25) is 0 Å². The molecule has 1 aromatic carbocycles. The number of carbonyl (C=O) groups excluding carboxylic acids is 1. The first-order chi connectivity index (χ1) is 9.65. The fraction of sp³-hybridized carbons (Fsp3) is 0.357. The second-order valence-electron chi connectivity index (χ2n) is 4.14. The number of rotatable bonds is 5. The van der Waals surface area contributed by atoms with Gasteiger partial charge in [-0.15, -0.1) is 0 Å². The summed E-state index contributed by atoms with van der Waals surface area (Å²) in [4.78, 5) is 16.2. The van der Waals surface area contributed by atoms with Crippen LogP contribution in [-0.4, -0.2) is 22.7 Å². The molecular weight excluding hydrogens is 263 g/mol. The SMILES string of the molecule is CCOC(=O)C(c1ccc(F)cc1)c1nc(CC)no1. The summed E-state index contributed by atoms with van der Waals surface area (Å²) in [6.45, 7) is 3.84. The average Bonchev–Trinajstić information content (AvgIpc) is 2.90. The summed E-state index contributed by atoms with van der Waals surface area (Å²) >= 11 is 0. The van der Waals surface area contributed by atoms with Crippen molar-refractivity contribution in [3.05, 3.63) is 47.4 Å². The molecule has 1 atom stereocenters. The van der Waals surface area contributed by atoms with Gasteiger partial charge in [0, 0.05) is 6.42 Å². The largest absolute Gasteiger partial charge is 0.465 e. The van der Waals surface area contributed by atoms with Gasteiger partial charge in [0.1, 0.15) is 5.82 Å². The van der Waals surface area contributed by atoms with Gasteiger partial charge in [-0.05, 0) is 24.6 Å². The van der Waals surface area contributed by atoms with Crippen molar-refractivity contribution in [2.75, 3.05) is 6.61 Å². The molecule has 0 N–H and O–H groups in total. The Hall–Kier alpha value is -2.24. The zero-order chi connectivity index (χ0) is 14.5. The molecule has 0 bridgehead atoms. The van der Waals surface area contributed by atoms with Crippen LogP contribution in [0.25, 0.3) is 0 Å². The second kappa shape index (κ2) is 6.27. The van der Waals surface area contributed by atoms with E-state index >= 15 is 0 Å². The third-order valence-corrected chi connectivity index (χ3v) is 2.77. The summed E-state index contributed by atoms with van der Waals surface area (Å²) in [6.07, 6.45) is 0.600. The van der Waals surface area contributed by atoms with Gasteiger partial charge >= 0.3 is 5.97 Å². The Morgan fingerprint density at radius 2 is 2.05 bits per heavy atom. The minimum absolute atomic E-state index is 0.159. The molecule has 0 spiro atoms. The number of ether oxygens (including phenoxy) is 1. The van der Waals surface area contributed by atoms with Crippen LogP contribution in [0.5, 0.6) is 0 Å². The van der Waals surface area contributed by atoms with E-state index in [1.165, 1.54) is 24.3 Å². The Labute approximate surface area is 115 Å². The number of aromatic nitrogens is 2. The number of benzene rings is 1. The van der Waals surface area contributed by atoms with Crippen LogP contribution >= 0.6 is 0 Å². The van der Waals surface area contributed by atoms with Crippen LogP contribution in [0.3, 0.4) is 0 Å². The molecule has 0 aliphatic rings. The first-order valence-electron chi connectivity index (χ1n) is 6.40. The minimum Gasteiger partial charge on any atom is -0.465 e. The second-order valence-corrected chi connectivity index (χ2v) is 4.14. The molecule has 5 nitrogen and oxygen atoms in total. The fourth-order valence-corrected chi connectivity index (χ4v) is 1.79. The molecule has 0 radical (unpaired) electrons. The van der Waals surface area contributed by atoms with Crippen LogP contribution in [0.1, 0.15) is 37.0 Å². The molecule has 20 heavy (non-hydrogen) atoms. The van der Waals surface area contributed by atoms with E-state index in [0.717, 1.165) is 0 Å². The fourth-order valence-electron chi connectivity index (χ4n) is 1.79. The van der Waals surface area contributed by atoms with E-state index in [1.54, 1.807) is 6.92 Å². The van der Waals surface area contributed by atoms with Crippen LogP contribution in [0, 0.1) is 5.82 Å². The van der Waals surface area contributed by atoms with Crippen molar-refractivity contribution in [2.24, 2.45) is 0 Å². The molecule has 0 amide bonds. The van der Waals surface area contributed by atoms with Gasteiger partial charge in [-0.25, -0.2) is 4.39 Å². The Morgan fingerprint density at radius 3 is 2.60 bits per heavy atom. The summed E-state index contributed by atoms with van der Waals surface area (Å²) in [5.74, 6) is -1.03. The van der Waals surface area contributed by atoms with Crippen LogP contribution in [-0.2, 0) is 16.0 Å². The van der Waals surface area contributed by atoms with Gasteiger partial charge in [0.2, 0.25) is 5.89 Å². The third kappa shape index (κ3) is 3.01. The van der Waals surface area contributed by atoms with Crippen molar-refractivity contribution in [3.63, 3.8) is 0 Å². The number of esters is 1. The van der Waals surface area contributed by atoms with Gasteiger partial charge in [-0.2, -0.15) is 4.98 Å². The summed E-state index contributed by atoms with van der Waals surface area (Å²) in [6, 6.07) is 5.57. The highest BCUT2D eigenvalue weighted by molar-refractivity contribution is 5.80. The molecule has 6 heteroatoms. The van der Waals surface area contributed by atoms with Gasteiger partial charge in [-0.3, -0.25) is 4.79 Å². The first kappa shape index (κ1) is 14.2. The van der Waals surface area contributed by atoms with Crippen molar-refractivity contribution < 1.29 is 18.4 Å².